The van der Waals surface area contributed by atoms with Crippen LogP contribution in [0.1, 0.15) is 90.9 Å². The summed E-state index contributed by atoms with van der Waals surface area (Å²) >= 11 is 0. The summed E-state index contributed by atoms with van der Waals surface area (Å²) in [6, 6.07) is 0. The highest BCUT2D eigenvalue weighted by molar-refractivity contribution is 5.09. The summed E-state index contributed by atoms with van der Waals surface area (Å²) in [6.07, 6.45) is 23.8. The predicted octanol–water partition coefficient (Wildman–Crippen LogP) is 6.04. The zero-order valence-corrected chi connectivity index (χ0v) is 16.7. The molecule has 1 aliphatic carbocycles. The lowest BCUT2D eigenvalue weighted by Crippen LogP contribution is -2.11. The van der Waals surface area contributed by atoms with Crippen LogP contribution in [-0.2, 0) is 0 Å². The van der Waals surface area contributed by atoms with Crippen molar-refractivity contribution in [3.63, 3.8) is 0 Å². The van der Waals surface area contributed by atoms with E-state index in [-0.39, 0.29) is 6.61 Å². The van der Waals surface area contributed by atoms with Crippen LogP contribution >= 0.6 is 0 Å². The van der Waals surface area contributed by atoms with Gasteiger partial charge in [-0.3, -0.25) is 0 Å². The smallest absolute Gasteiger partial charge is 0.0770 e. The molecule has 4 atom stereocenters. The van der Waals surface area contributed by atoms with Crippen LogP contribution in [0.5, 0.6) is 0 Å². The van der Waals surface area contributed by atoms with Gasteiger partial charge in [0.2, 0.25) is 0 Å². The monoisotopic (exact) mass is 350 g/mol. The zero-order valence-electron chi connectivity index (χ0n) is 16.7. The second kappa shape index (κ2) is 14.6. The molecule has 2 unspecified atom stereocenters. The minimum absolute atomic E-state index is 0.0981. The lowest BCUT2D eigenvalue weighted by atomic mass is 9.89. The van der Waals surface area contributed by atoms with Crippen LogP contribution in [0.15, 0.2) is 24.3 Å². The third-order valence-corrected chi connectivity index (χ3v) is 5.65. The Morgan fingerprint density at radius 2 is 1.88 bits per heavy atom. The molecule has 2 N–H and O–H groups in total. The van der Waals surface area contributed by atoms with Gasteiger partial charge in [-0.05, 0) is 49.9 Å². The number of allylic oxidation sites excluding steroid dienone is 4. The molecule has 2 nitrogen and oxygen atoms in total. The molecule has 0 aliphatic heterocycles. The highest BCUT2D eigenvalue weighted by atomic mass is 16.3. The molecule has 146 valence electrons. The molecule has 0 spiro atoms. The van der Waals surface area contributed by atoms with E-state index in [9.17, 15) is 5.11 Å². The van der Waals surface area contributed by atoms with Gasteiger partial charge in [-0.1, -0.05) is 83.1 Å². The number of hydrogen-bond acceptors (Lipinski definition) is 2. The standard InChI is InChI=1S/C23H42O2/c1-3-4-12-20(2)13-9-10-15-22-17-11-16-21(22)14-7-5-6-8-18-23(25)19-24/h10-11,15,17,20-25H,3-9,12-14,16,18-19H2,1-2H3/t20?,21-,22-,23?/m0/s1. The molecule has 0 saturated heterocycles. The maximum Gasteiger partial charge on any atom is 0.0770 e. The first kappa shape index (κ1) is 22.4. The third-order valence-electron chi connectivity index (χ3n) is 5.65. The summed E-state index contributed by atoms with van der Waals surface area (Å²) in [4.78, 5) is 0. The molecule has 2 heteroatoms. The van der Waals surface area contributed by atoms with E-state index in [1.807, 2.05) is 0 Å². The highest BCUT2D eigenvalue weighted by Gasteiger charge is 2.19. The van der Waals surface area contributed by atoms with Gasteiger partial charge in [0.15, 0.2) is 0 Å². The molecular weight excluding hydrogens is 308 g/mol. The van der Waals surface area contributed by atoms with E-state index in [4.69, 9.17) is 5.11 Å². The third kappa shape index (κ3) is 10.9. The molecule has 0 radical (unpaired) electrons. The predicted molar refractivity (Wildman–Crippen MR) is 109 cm³/mol. The minimum atomic E-state index is -0.516. The second-order valence-electron chi connectivity index (χ2n) is 8.08. The van der Waals surface area contributed by atoms with Crippen molar-refractivity contribution in [2.75, 3.05) is 6.61 Å². The summed E-state index contributed by atoms with van der Waals surface area (Å²) in [6.45, 7) is 4.57. The van der Waals surface area contributed by atoms with Gasteiger partial charge < -0.3 is 10.2 Å². The van der Waals surface area contributed by atoms with Crippen LogP contribution < -0.4 is 0 Å². The average molecular weight is 351 g/mol. The summed E-state index contributed by atoms with van der Waals surface area (Å²) in [5.41, 5.74) is 0. The lowest BCUT2D eigenvalue weighted by Gasteiger charge is -2.16. The zero-order chi connectivity index (χ0) is 18.3. The average Bonchev–Trinajstić information content (AvgIpc) is 3.06. The van der Waals surface area contributed by atoms with Crippen LogP contribution in [-0.4, -0.2) is 22.9 Å². The van der Waals surface area contributed by atoms with E-state index in [2.05, 4.69) is 38.2 Å². The van der Waals surface area contributed by atoms with Crippen molar-refractivity contribution in [1.29, 1.82) is 0 Å². The Balaban J connectivity index is 2.10. The van der Waals surface area contributed by atoms with Crippen molar-refractivity contribution < 1.29 is 10.2 Å². The highest BCUT2D eigenvalue weighted by Crippen LogP contribution is 2.31. The Bertz CT molecular complexity index is 361. The molecule has 0 amide bonds. The van der Waals surface area contributed by atoms with Crippen LogP contribution in [0.3, 0.4) is 0 Å². The molecule has 0 fully saturated rings. The van der Waals surface area contributed by atoms with Crippen molar-refractivity contribution >= 4 is 0 Å². The van der Waals surface area contributed by atoms with Gasteiger partial charge in [-0.15, -0.1) is 0 Å². The summed E-state index contributed by atoms with van der Waals surface area (Å²) < 4.78 is 0. The Morgan fingerprint density at radius 3 is 2.64 bits per heavy atom. The number of aliphatic hydroxyl groups excluding tert-OH is 2. The number of aliphatic hydroxyl groups is 2. The molecule has 0 heterocycles. The van der Waals surface area contributed by atoms with E-state index in [0.717, 1.165) is 24.7 Å². The minimum Gasteiger partial charge on any atom is -0.394 e. The maximum atomic E-state index is 9.34. The summed E-state index contributed by atoms with van der Waals surface area (Å²) in [5.74, 6) is 2.32. The second-order valence-corrected chi connectivity index (χ2v) is 8.08. The molecular formula is C23H42O2. The fourth-order valence-corrected chi connectivity index (χ4v) is 3.82. The van der Waals surface area contributed by atoms with Crippen molar-refractivity contribution in [3.05, 3.63) is 24.3 Å². The molecule has 0 bridgehead atoms. The molecule has 0 aromatic carbocycles. The quantitative estimate of drug-likeness (QED) is 0.279. The van der Waals surface area contributed by atoms with Crippen molar-refractivity contribution in [2.24, 2.45) is 17.8 Å². The van der Waals surface area contributed by atoms with Crippen LogP contribution in [0.2, 0.25) is 0 Å². The molecule has 0 saturated carbocycles. The van der Waals surface area contributed by atoms with Gasteiger partial charge in [-0.25, -0.2) is 0 Å². The largest absolute Gasteiger partial charge is 0.394 e. The Kier molecular flexibility index (Phi) is 13.1. The fourth-order valence-electron chi connectivity index (χ4n) is 3.82. The van der Waals surface area contributed by atoms with Gasteiger partial charge in [0.25, 0.3) is 0 Å². The normalized spacial score (nSPS) is 22.7. The van der Waals surface area contributed by atoms with E-state index in [0.29, 0.717) is 5.92 Å². The van der Waals surface area contributed by atoms with Crippen LogP contribution in [0, 0.1) is 17.8 Å². The topological polar surface area (TPSA) is 40.5 Å². The van der Waals surface area contributed by atoms with Crippen molar-refractivity contribution in [2.45, 2.75) is 97.0 Å². The number of hydrogen-bond donors (Lipinski definition) is 2. The van der Waals surface area contributed by atoms with Crippen molar-refractivity contribution in [1.82, 2.24) is 0 Å². The fraction of sp³-hybridized carbons (Fsp3) is 0.826. The Hall–Kier alpha value is -0.600. The molecule has 1 rings (SSSR count). The van der Waals surface area contributed by atoms with Crippen molar-refractivity contribution in [3.8, 4) is 0 Å². The van der Waals surface area contributed by atoms with Gasteiger partial charge >= 0.3 is 0 Å². The van der Waals surface area contributed by atoms with E-state index in [1.54, 1.807) is 0 Å². The first-order chi connectivity index (χ1) is 12.2. The number of unbranched alkanes of at least 4 members (excludes halogenated alkanes) is 4. The van der Waals surface area contributed by atoms with Gasteiger partial charge in [-0.2, -0.15) is 0 Å². The SMILES string of the molecule is CCCCC(C)CCC=C[C@H]1C=CC[C@@H]1CCCCCCC(O)CO. The molecule has 0 aromatic heterocycles. The van der Waals surface area contributed by atoms with E-state index < -0.39 is 6.10 Å². The Morgan fingerprint density at radius 1 is 1.08 bits per heavy atom. The molecule has 0 aromatic rings. The summed E-state index contributed by atoms with van der Waals surface area (Å²) in [5, 5.41) is 18.1. The first-order valence-electron chi connectivity index (χ1n) is 10.8. The van der Waals surface area contributed by atoms with Gasteiger partial charge in [0.1, 0.15) is 0 Å². The van der Waals surface area contributed by atoms with Gasteiger partial charge in [0.05, 0.1) is 12.7 Å². The lowest BCUT2D eigenvalue weighted by molar-refractivity contribution is 0.0859. The summed E-state index contributed by atoms with van der Waals surface area (Å²) in [7, 11) is 0. The molecule has 25 heavy (non-hydrogen) atoms. The van der Waals surface area contributed by atoms with E-state index in [1.165, 1.54) is 64.2 Å². The van der Waals surface area contributed by atoms with Gasteiger partial charge in [0, 0.05) is 0 Å². The van der Waals surface area contributed by atoms with E-state index >= 15 is 0 Å². The van der Waals surface area contributed by atoms with Crippen LogP contribution in [0.25, 0.3) is 0 Å². The molecule has 1 aliphatic rings. The first-order valence-corrected chi connectivity index (χ1v) is 10.8. The van der Waals surface area contributed by atoms with Crippen LogP contribution in [0.4, 0.5) is 0 Å². The number of rotatable bonds is 15. The Labute approximate surface area is 156 Å². The maximum absolute atomic E-state index is 9.34.